The zero-order valence-corrected chi connectivity index (χ0v) is 4.76. The number of rotatable bonds is 1. The van der Waals surface area contributed by atoms with Gasteiger partial charge in [-0.3, -0.25) is 0 Å². The van der Waals surface area contributed by atoms with Crippen LogP contribution in [0.1, 0.15) is 0 Å². The van der Waals surface area contributed by atoms with Crippen molar-refractivity contribution in [1.29, 1.82) is 0 Å². The molecule has 34 valence electrons. The van der Waals surface area contributed by atoms with Gasteiger partial charge in [-0.1, -0.05) is 12.6 Å². The molecule has 0 aromatic rings. The lowest BCUT2D eigenvalue weighted by molar-refractivity contribution is 0.369. The predicted octanol–water partition coefficient (Wildman–Crippen LogP) is 0.929. The molecule has 6 heavy (non-hydrogen) atoms. The second kappa shape index (κ2) is 3.43. The van der Waals surface area contributed by atoms with E-state index in [-0.39, 0.29) is 11.0 Å². The van der Waals surface area contributed by atoms with E-state index < -0.39 is 0 Å². The molecule has 0 aliphatic rings. The van der Waals surface area contributed by atoms with Crippen molar-refractivity contribution in [3.63, 3.8) is 0 Å². The molecule has 0 rings (SSSR count). The molecule has 0 bridgehead atoms. The largest absolute Gasteiger partial charge is 0.478 e. The van der Waals surface area contributed by atoms with E-state index in [4.69, 9.17) is 6.92 Å². The Labute approximate surface area is 48.1 Å². The summed E-state index contributed by atoms with van der Waals surface area (Å²) in [7, 11) is 0. The Morgan fingerprint density at radius 2 is 2.50 bits per heavy atom. The van der Waals surface area contributed by atoms with Crippen LogP contribution in [0.25, 0.3) is 0 Å². The minimum Gasteiger partial charge on any atom is -0.478 e. The van der Waals surface area contributed by atoms with Crippen LogP contribution < -0.4 is 0 Å². The van der Waals surface area contributed by atoms with Crippen molar-refractivity contribution in [2.75, 3.05) is 6.61 Å². The lowest BCUT2D eigenvalue weighted by Crippen LogP contribution is -1.89. The molecule has 0 saturated carbocycles. The molecular formula is C3H4OS2. The van der Waals surface area contributed by atoms with Gasteiger partial charge in [0.25, 0.3) is 0 Å². The number of hydrogen-bond donors (Lipinski definition) is 1. The zero-order valence-electron chi connectivity index (χ0n) is 3.05. The van der Waals surface area contributed by atoms with Crippen LogP contribution in [0.3, 0.4) is 0 Å². The van der Waals surface area contributed by atoms with E-state index in [0.717, 1.165) is 0 Å². The van der Waals surface area contributed by atoms with E-state index in [0.29, 0.717) is 0 Å². The second-order valence-corrected chi connectivity index (χ2v) is 1.66. The fourth-order valence-electron chi connectivity index (χ4n) is 0.0713. The van der Waals surface area contributed by atoms with Crippen molar-refractivity contribution in [1.82, 2.24) is 0 Å². The second-order valence-electron chi connectivity index (χ2n) is 0.577. The van der Waals surface area contributed by atoms with Crippen LogP contribution in [0, 0.1) is 6.92 Å². The lowest BCUT2D eigenvalue weighted by atomic mass is 10.9. The predicted molar refractivity (Wildman–Crippen MR) is 31.8 cm³/mol. The molecule has 0 amide bonds. The first-order valence-corrected chi connectivity index (χ1v) is 2.18. The van der Waals surface area contributed by atoms with Crippen molar-refractivity contribution in [3.05, 3.63) is 6.92 Å². The summed E-state index contributed by atoms with van der Waals surface area (Å²) in [5.74, 6) is 0. The van der Waals surface area contributed by atoms with E-state index in [1.807, 2.05) is 0 Å². The minimum absolute atomic E-state index is 0.113. The van der Waals surface area contributed by atoms with Crippen LogP contribution in [0.5, 0.6) is 0 Å². The number of thiol groups is 1. The summed E-state index contributed by atoms with van der Waals surface area (Å²) in [4.78, 5) is 0. The average Bonchev–Trinajstić information content (AvgIpc) is 1.35. The smallest absolute Gasteiger partial charge is 0.216 e. The topological polar surface area (TPSA) is 9.23 Å². The zero-order chi connectivity index (χ0) is 4.99. The first kappa shape index (κ1) is 6.24. The Balaban J connectivity index is 2.83. The van der Waals surface area contributed by atoms with Crippen LogP contribution in [0.15, 0.2) is 0 Å². The molecule has 0 heterocycles. The highest BCUT2D eigenvalue weighted by molar-refractivity contribution is 8.10. The van der Waals surface area contributed by atoms with Crippen molar-refractivity contribution in [2.24, 2.45) is 0 Å². The van der Waals surface area contributed by atoms with Gasteiger partial charge in [-0.05, 0) is 12.2 Å². The summed E-state index contributed by atoms with van der Waals surface area (Å²) in [6, 6.07) is 0. The van der Waals surface area contributed by atoms with Gasteiger partial charge in [0.2, 0.25) is 4.38 Å². The van der Waals surface area contributed by atoms with Gasteiger partial charge in [-0.15, -0.1) is 0 Å². The molecule has 2 radical (unpaired) electrons. The van der Waals surface area contributed by atoms with E-state index in [9.17, 15) is 0 Å². The molecule has 0 N–H and O–H groups in total. The number of thiocarbonyl (C=S) groups is 1. The van der Waals surface area contributed by atoms with Gasteiger partial charge in [-0.25, -0.2) is 0 Å². The fraction of sp³-hybridized carbons (Fsp3) is 0.333. The molecule has 0 atom stereocenters. The van der Waals surface area contributed by atoms with Crippen molar-refractivity contribution >= 4 is 29.2 Å². The number of hydrogen-bond acceptors (Lipinski definition) is 2. The maximum Gasteiger partial charge on any atom is 0.216 e. The van der Waals surface area contributed by atoms with E-state index in [1.54, 1.807) is 0 Å². The van der Waals surface area contributed by atoms with Crippen molar-refractivity contribution in [3.8, 4) is 0 Å². The SMILES string of the molecule is [CH]COC(=S)S. The maximum atomic E-state index is 4.87. The Morgan fingerprint density at radius 1 is 2.00 bits per heavy atom. The van der Waals surface area contributed by atoms with Crippen LogP contribution in [0.2, 0.25) is 0 Å². The van der Waals surface area contributed by atoms with Gasteiger partial charge in [0.05, 0.1) is 6.61 Å². The molecule has 0 spiro atoms. The molecule has 1 nitrogen and oxygen atoms in total. The molecule has 0 aromatic carbocycles. The van der Waals surface area contributed by atoms with Gasteiger partial charge in [-0.2, -0.15) is 0 Å². The minimum atomic E-state index is 0.113. The summed E-state index contributed by atoms with van der Waals surface area (Å²) in [6.07, 6.45) is 0. The van der Waals surface area contributed by atoms with Crippen molar-refractivity contribution in [2.45, 2.75) is 0 Å². The molecule has 0 fully saturated rings. The van der Waals surface area contributed by atoms with E-state index >= 15 is 0 Å². The lowest BCUT2D eigenvalue weighted by Gasteiger charge is -1.91. The van der Waals surface area contributed by atoms with E-state index in [1.165, 1.54) is 0 Å². The van der Waals surface area contributed by atoms with Crippen LogP contribution >= 0.6 is 24.8 Å². The summed E-state index contributed by atoms with van der Waals surface area (Å²) in [6.45, 7) is 4.98. The molecule has 0 unspecified atom stereocenters. The average molecular weight is 120 g/mol. The van der Waals surface area contributed by atoms with Gasteiger partial charge in [0.1, 0.15) is 0 Å². The molecular weight excluding hydrogens is 116 g/mol. The fourth-order valence-corrected chi connectivity index (χ4v) is 0.214. The van der Waals surface area contributed by atoms with Crippen LogP contribution in [-0.2, 0) is 4.74 Å². The Hall–Kier alpha value is 0.240. The first-order valence-electron chi connectivity index (χ1n) is 1.33. The van der Waals surface area contributed by atoms with Gasteiger partial charge < -0.3 is 4.74 Å². The maximum absolute atomic E-state index is 4.87. The third-order valence-electron chi connectivity index (χ3n) is 0.207. The van der Waals surface area contributed by atoms with Gasteiger partial charge >= 0.3 is 0 Å². The Bertz CT molecular complexity index is 52.8. The van der Waals surface area contributed by atoms with Crippen LogP contribution in [0.4, 0.5) is 0 Å². The summed E-state index contributed by atoms with van der Waals surface area (Å²) in [5, 5.41) is 0. The highest BCUT2D eigenvalue weighted by Gasteiger charge is 1.77. The Morgan fingerprint density at radius 3 is 2.50 bits per heavy atom. The molecule has 0 aliphatic carbocycles. The number of ether oxygens (including phenoxy) is 1. The summed E-state index contributed by atoms with van der Waals surface area (Å²) in [5.41, 5.74) is 0. The third kappa shape index (κ3) is 4.24. The quantitative estimate of drug-likeness (QED) is 0.407. The molecule has 0 aromatic heterocycles. The Kier molecular flexibility index (Phi) is 3.57. The summed E-state index contributed by atoms with van der Waals surface area (Å²) < 4.78 is 4.61. The van der Waals surface area contributed by atoms with Crippen LogP contribution in [-0.4, -0.2) is 11.0 Å². The molecule has 0 saturated heterocycles. The van der Waals surface area contributed by atoms with Gasteiger partial charge in [0.15, 0.2) is 0 Å². The van der Waals surface area contributed by atoms with Gasteiger partial charge in [0, 0.05) is 6.92 Å². The highest BCUT2D eigenvalue weighted by Crippen LogP contribution is 1.83. The molecule has 3 heteroatoms. The first-order chi connectivity index (χ1) is 2.77. The standard InChI is InChI=1S/C3H4OS2/c1-2-4-3(5)6/h1H,2H2,(H,5,6). The highest BCUT2D eigenvalue weighted by atomic mass is 32.1. The monoisotopic (exact) mass is 120 g/mol. The van der Waals surface area contributed by atoms with E-state index in [2.05, 4.69) is 29.6 Å². The third-order valence-corrected chi connectivity index (χ3v) is 0.454. The van der Waals surface area contributed by atoms with Crippen molar-refractivity contribution < 1.29 is 4.74 Å². The molecule has 0 aliphatic heterocycles. The summed E-state index contributed by atoms with van der Waals surface area (Å²) >= 11 is 7.96. The normalized spacial score (nSPS) is 7.67.